The van der Waals surface area contributed by atoms with Crippen LogP contribution in [0.1, 0.15) is 27.6 Å². The third-order valence-electron chi connectivity index (χ3n) is 2.85. The van der Waals surface area contributed by atoms with Crippen molar-refractivity contribution in [1.82, 2.24) is 0 Å². The third-order valence-corrected chi connectivity index (χ3v) is 4.15. The topological polar surface area (TPSA) is 105 Å². The number of hydrogen-bond acceptors (Lipinski definition) is 5. The lowest BCUT2D eigenvalue weighted by Gasteiger charge is -2.22. The van der Waals surface area contributed by atoms with Crippen LogP contribution in [-0.4, -0.2) is 20.2 Å². The highest BCUT2D eigenvalue weighted by molar-refractivity contribution is 7.94. The second kappa shape index (κ2) is 5.98. The quantitative estimate of drug-likeness (QED) is 0.779. The number of rotatable bonds is 5. The molecule has 22 heavy (non-hydrogen) atoms. The van der Waals surface area contributed by atoms with Crippen molar-refractivity contribution in [3.8, 4) is 0 Å². The van der Waals surface area contributed by atoms with Gasteiger partial charge in [0.1, 0.15) is 10.0 Å². The molecule has 7 heteroatoms. The van der Waals surface area contributed by atoms with E-state index in [1.54, 1.807) is 6.07 Å². The van der Waals surface area contributed by atoms with Crippen LogP contribution in [0.5, 0.6) is 0 Å². The molecule has 0 aliphatic heterocycles. The van der Waals surface area contributed by atoms with Gasteiger partial charge in [-0.25, -0.2) is 8.42 Å². The van der Waals surface area contributed by atoms with Crippen molar-refractivity contribution in [3.05, 3.63) is 64.4 Å². The molecule has 2 aromatic carbocycles. The standard InChI is InChI=1S/C15H12NO5S/c1-10(17)11-4-2-6-13(8-11)16-22(20,21)14-7-3-5-12(9-14)15(18)19/h2-9H,1H3,(H,18,19)/q-1/p-1. The Morgan fingerprint density at radius 2 is 1.64 bits per heavy atom. The minimum absolute atomic E-state index is 0.0894. The van der Waals surface area contributed by atoms with Gasteiger partial charge in [0.15, 0.2) is 5.78 Å². The molecule has 0 spiro atoms. The number of aromatic carboxylic acids is 1. The SMILES string of the molecule is CC(=O)c1cccc([N-]S(=O)(=O)c2cccc(C(=O)[O-])c2)c1. The van der Waals surface area contributed by atoms with Gasteiger partial charge >= 0.3 is 0 Å². The summed E-state index contributed by atoms with van der Waals surface area (Å²) in [7, 11) is -4.09. The van der Waals surface area contributed by atoms with Crippen LogP contribution >= 0.6 is 0 Å². The number of carboxylic acid groups (broad SMARTS) is 1. The molecule has 6 nitrogen and oxygen atoms in total. The Morgan fingerprint density at radius 3 is 2.27 bits per heavy atom. The van der Waals surface area contributed by atoms with E-state index in [-0.39, 0.29) is 21.9 Å². The lowest BCUT2D eigenvalue weighted by atomic mass is 10.1. The van der Waals surface area contributed by atoms with Gasteiger partial charge in [-0.1, -0.05) is 36.4 Å². The first-order valence-electron chi connectivity index (χ1n) is 6.20. The van der Waals surface area contributed by atoms with E-state index in [1.165, 1.54) is 43.3 Å². The molecule has 0 bridgehead atoms. The molecule has 2 rings (SSSR count). The molecule has 0 aliphatic carbocycles. The van der Waals surface area contributed by atoms with Gasteiger partial charge in [-0.05, 0) is 24.6 Å². The first-order valence-corrected chi connectivity index (χ1v) is 7.64. The molecule has 0 unspecified atom stereocenters. The maximum Gasteiger partial charge on any atom is 0.159 e. The molecule has 114 valence electrons. The van der Waals surface area contributed by atoms with Crippen LogP contribution in [0, 0.1) is 0 Å². The Bertz CT molecular complexity index is 843. The smallest absolute Gasteiger partial charge is 0.159 e. The maximum atomic E-state index is 12.2. The predicted octanol–water partition coefficient (Wildman–Crippen LogP) is 1.65. The highest BCUT2D eigenvalue weighted by Gasteiger charge is 2.07. The summed E-state index contributed by atoms with van der Waals surface area (Å²) in [6, 6.07) is 10.6. The van der Waals surface area contributed by atoms with E-state index < -0.39 is 16.0 Å². The highest BCUT2D eigenvalue weighted by atomic mass is 32.2. The number of ketones is 1. The number of carboxylic acids is 1. The highest BCUT2D eigenvalue weighted by Crippen LogP contribution is 2.28. The van der Waals surface area contributed by atoms with E-state index in [2.05, 4.69) is 4.72 Å². The maximum absolute atomic E-state index is 12.2. The fraction of sp³-hybridized carbons (Fsp3) is 0.0667. The molecular weight excluding hydrogens is 306 g/mol. The summed E-state index contributed by atoms with van der Waals surface area (Å²) < 4.78 is 28.0. The van der Waals surface area contributed by atoms with Gasteiger partial charge in [-0.3, -0.25) is 4.79 Å². The normalized spacial score (nSPS) is 11.0. The fourth-order valence-electron chi connectivity index (χ4n) is 1.76. The number of Topliss-reactive ketones (excluding diaryl/α,β-unsaturated/α-hetero) is 1. The van der Waals surface area contributed by atoms with Gasteiger partial charge < -0.3 is 14.6 Å². The average Bonchev–Trinajstić information content (AvgIpc) is 2.47. The summed E-state index contributed by atoms with van der Waals surface area (Å²) >= 11 is 0. The summed E-state index contributed by atoms with van der Waals surface area (Å²) in [5, 5.41) is 10.8. The number of sulfonamides is 1. The lowest BCUT2D eigenvalue weighted by molar-refractivity contribution is -0.255. The molecule has 0 amide bonds. The third kappa shape index (κ3) is 3.50. The van der Waals surface area contributed by atoms with E-state index >= 15 is 0 Å². The van der Waals surface area contributed by atoms with Crippen LogP contribution in [0.25, 0.3) is 4.72 Å². The molecule has 0 aliphatic rings. The van der Waals surface area contributed by atoms with E-state index in [0.717, 1.165) is 6.07 Å². The Labute approximate surface area is 127 Å². The van der Waals surface area contributed by atoms with Crippen molar-refractivity contribution >= 4 is 27.5 Å². The number of carbonyl (C=O) groups is 2. The molecule has 0 heterocycles. The summed E-state index contributed by atoms with van der Waals surface area (Å²) in [6.07, 6.45) is 0. The van der Waals surface area contributed by atoms with Crippen LogP contribution < -0.4 is 5.11 Å². The zero-order valence-electron chi connectivity index (χ0n) is 11.5. The molecule has 0 saturated heterocycles. The Balaban J connectivity index is 2.35. The fourth-order valence-corrected chi connectivity index (χ4v) is 2.78. The first kappa shape index (κ1) is 15.7. The van der Waals surface area contributed by atoms with Crippen molar-refractivity contribution < 1.29 is 23.1 Å². The minimum atomic E-state index is -4.09. The van der Waals surface area contributed by atoms with Gasteiger partial charge in [0.2, 0.25) is 0 Å². The van der Waals surface area contributed by atoms with Crippen LogP contribution in [-0.2, 0) is 10.0 Å². The Morgan fingerprint density at radius 1 is 1.00 bits per heavy atom. The van der Waals surface area contributed by atoms with Gasteiger partial charge in [0.25, 0.3) is 0 Å². The summed E-state index contributed by atoms with van der Waals surface area (Å²) in [5.41, 5.74) is 0.167. The molecule has 0 atom stereocenters. The second-order valence-electron chi connectivity index (χ2n) is 4.49. The van der Waals surface area contributed by atoms with Crippen molar-refractivity contribution in [2.45, 2.75) is 11.8 Å². The molecule has 0 aromatic heterocycles. The second-order valence-corrected chi connectivity index (χ2v) is 6.09. The van der Waals surface area contributed by atoms with Crippen LogP contribution in [0.2, 0.25) is 0 Å². The molecule has 0 radical (unpaired) electrons. The van der Waals surface area contributed by atoms with Crippen molar-refractivity contribution in [2.24, 2.45) is 0 Å². The van der Waals surface area contributed by atoms with E-state index in [4.69, 9.17) is 0 Å². The van der Waals surface area contributed by atoms with Gasteiger partial charge in [0, 0.05) is 5.56 Å². The molecule has 2 aromatic rings. The van der Waals surface area contributed by atoms with Crippen molar-refractivity contribution in [2.75, 3.05) is 0 Å². The van der Waals surface area contributed by atoms with Crippen molar-refractivity contribution in [1.29, 1.82) is 0 Å². The van der Waals surface area contributed by atoms with E-state index in [1.807, 2.05) is 0 Å². The first-order chi connectivity index (χ1) is 10.3. The zero-order valence-corrected chi connectivity index (χ0v) is 12.3. The molecule has 0 fully saturated rings. The Kier molecular flexibility index (Phi) is 4.27. The summed E-state index contributed by atoms with van der Waals surface area (Å²) in [5.74, 6) is -1.69. The zero-order chi connectivity index (χ0) is 16.3. The summed E-state index contributed by atoms with van der Waals surface area (Å²) in [6.45, 7) is 1.36. The number of nitrogens with zero attached hydrogens (tertiary/aromatic N) is 1. The van der Waals surface area contributed by atoms with Gasteiger partial charge in [-0.15, -0.1) is 5.69 Å². The average molecular weight is 317 g/mol. The molecule has 0 saturated carbocycles. The number of carbonyl (C=O) groups excluding carboxylic acids is 2. The minimum Gasteiger partial charge on any atom is -0.573 e. The predicted molar refractivity (Wildman–Crippen MR) is 77.4 cm³/mol. The molecule has 0 N–H and O–H groups in total. The van der Waals surface area contributed by atoms with Crippen LogP contribution in [0.15, 0.2) is 53.4 Å². The summed E-state index contributed by atoms with van der Waals surface area (Å²) in [4.78, 5) is 21.8. The lowest BCUT2D eigenvalue weighted by Crippen LogP contribution is -2.22. The van der Waals surface area contributed by atoms with Crippen LogP contribution in [0.4, 0.5) is 5.69 Å². The van der Waals surface area contributed by atoms with Crippen LogP contribution in [0.3, 0.4) is 0 Å². The van der Waals surface area contributed by atoms with Crippen molar-refractivity contribution in [3.63, 3.8) is 0 Å². The van der Waals surface area contributed by atoms with Gasteiger partial charge in [0.05, 0.1) is 10.9 Å². The molecular formula is C15H11NO5S-2. The largest absolute Gasteiger partial charge is 0.573 e. The number of hydrogen-bond donors (Lipinski definition) is 0. The Hall–Kier alpha value is -2.67. The van der Waals surface area contributed by atoms with E-state index in [9.17, 15) is 23.1 Å². The van der Waals surface area contributed by atoms with E-state index in [0.29, 0.717) is 5.56 Å². The number of benzene rings is 2. The monoisotopic (exact) mass is 317 g/mol. The van der Waals surface area contributed by atoms with Gasteiger partial charge in [-0.2, -0.15) is 0 Å².